The summed E-state index contributed by atoms with van der Waals surface area (Å²) in [4.78, 5) is 26.5. The predicted molar refractivity (Wildman–Crippen MR) is 131 cm³/mol. The zero-order valence-electron chi connectivity index (χ0n) is 18.8. The number of para-hydroxylation sites is 1. The minimum absolute atomic E-state index is 0.179. The number of pyridine rings is 1. The number of carbonyl (C=O) groups excluding carboxylic acids is 1. The van der Waals surface area contributed by atoms with E-state index in [9.17, 15) is 9.59 Å². The van der Waals surface area contributed by atoms with E-state index in [1.807, 2.05) is 42.7 Å². The van der Waals surface area contributed by atoms with Gasteiger partial charge in [0.2, 0.25) is 5.43 Å². The molecule has 3 rings (SSSR count). The van der Waals surface area contributed by atoms with Crippen molar-refractivity contribution in [2.45, 2.75) is 54.0 Å². The molecule has 0 atom stereocenters. The number of hydrogen-bond donors (Lipinski definition) is 1. The van der Waals surface area contributed by atoms with Crippen molar-refractivity contribution in [1.29, 1.82) is 0 Å². The Balaban J connectivity index is 2.09. The minimum atomic E-state index is -0.364. The monoisotopic (exact) mass is 480 g/mol. The van der Waals surface area contributed by atoms with E-state index in [1.165, 1.54) is 5.56 Å². The van der Waals surface area contributed by atoms with Crippen molar-refractivity contribution < 1.29 is 4.79 Å². The lowest BCUT2D eigenvalue weighted by Crippen LogP contribution is -2.29. The second kappa shape index (κ2) is 9.65. The Hall–Kier alpha value is -2.66. The van der Waals surface area contributed by atoms with Crippen LogP contribution in [0.2, 0.25) is 0 Å². The number of halogens is 1. The normalized spacial score (nSPS) is 10.9. The van der Waals surface area contributed by atoms with Gasteiger partial charge in [-0.05, 0) is 66.2 Å². The first-order valence-corrected chi connectivity index (χ1v) is 11.4. The maximum Gasteiger partial charge on any atom is 0.261 e. The molecule has 31 heavy (non-hydrogen) atoms. The zero-order valence-corrected chi connectivity index (χ0v) is 20.4. The molecule has 1 N–H and O–H groups in total. The molecule has 0 aliphatic carbocycles. The van der Waals surface area contributed by atoms with Crippen LogP contribution >= 0.6 is 15.9 Å². The van der Waals surface area contributed by atoms with Gasteiger partial charge in [-0.15, -0.1) is 0 Å². The highest BCUT2D eigenvalue weighted by Crippen LogP contribution is 2.25. The van der Waals surface area contributed by atoms with Crippen molar-refractivity contribution >= 4 is 27.5 Å². The fourth-order valence-electron chi connectivity index (χ4n) is 4.02. The lowest BCUT2D eigenvalue weighted by molar-refractivity contribution is 0.102. The Labute approximate surface area is 192 Å². The topological polar surface area (TPSA) is 51.1 Å². The van der Waals surface area contributed by atoms with Crippen LogP contribution in [0.3, 0.4) is 0 Å². The van der Waals surface area contributed by atoms with Crippen molar-refractivity contribution in [2.24, 2.45) is 0 Å². The van der Waals surface area contributed by atoms with Crippen LogP contribution in [0.15, 0.2) is 51.7 Å². The molecule has 0 radical (unpaired) electrons. The van der Waals surface area contributed by atoms with Crippen molar-refractivity contribution in [2.75, 3.05) is 5.32 Å². The molecule has 1 aromatic heterocycles. The molecule has 0 saturated carbocycles. The molecule has 2 aromatic carbocycles. The quantitative estimate of drug-likeness (QED) is 0.472. The SMILES string of the molecule is CCc1cccc(CC)c1NC(=O)c1c(C)n(Cc2cccc(C)c2)c(C)c(Br)c1=O. The number of aryl methyl sites for hydroxylation is 3. The van der Waals surface area contributed by atoms with E-state index < -0.39 is 0 Å². The van der Waals surface area contributed by atoms with E-state index in [0.29, 0.717) is 16.7 Å². The lowest BCUT2D eigenvalue weighted by atomic mass is 10.0. The first kappa shape index (κ1) is 23.0. The summed E-state index contributed by atoms with van der Waals surface area (Å²) in [6.45, 7) is 10.5. The fourth-order valence-corrected chi connectivity index (χ4v) is 4.43. The Morgan fingerprint density at radius 1 is 0.968 bits per heavy atom. The summed E-state index contributed by atoms with van der Waals surface area (Å²) in [6, 6.07) is 14.3. The maximum atomic E-state index is 13.4. The van der Waals surface area contributed by atoms with Crippen LogP contribution in [0.25, 0.3) is 0 Å². The number of nitrogens with one attached hydrogen (secondary N) is 1. The summed E-state index contributed by atoms with van der Waals surface area (Å²) in [5, 5.41) is 3.05. The van der Waals surface area contributed by atoms with Gasteiger partial charge in [0.1, 0.15) is 5.56 Å². The van der Waals surface area contributed by atoms with Gasteiger partial charge in [0.15, 0.2) is 0 Å². The van der Waals surface area contributed by atoms with Crippen LogP contribution in [-0.2, 0) is 19.4 Å². The average Bonchev–Trinajstić information content (AvgIpc) is 2.75. The van der Waals surface area contributed by atoms with Gasteiger partial charge in [0, 0.05) is 23.6 Å². The van der Waals surface area contributed by atoms with Crippen LogP contribution < -0.4 is 10.7 Å². The smallest absolute Gasteiger partial charge is 0.261 e. The van der Waals surface area contributed by atoms with Gasteiger partial charge in [-0.25, -0.2) is 0 Å². The highest BCUT2D eigenvalue weighted by Gasteiger charge is 2.22. The Morgan fingerprint density at radius 2 is 1.58 bits per heavy atom. The second-order valence-corrected chi connectivity index (χ2v) is 8.67. The molecule has 0 fully saturated rings. The molecular weight excluding hydrogens is 452 g/mol. The Kier molecular flexibility index (Phi) is 7.16. The number of carbonyl (C=O) groups is 1. The number of rotatable bonds is 6. The summed E-state index contributed by atoms with van der Waals surface area (Å²) >= 11 is 3.44. The number of anilines is 1. The van der Waals surface area contributed by atoms with Gasteiger partial charge >= 0.3 is 0 Å². The van der Waals surface area contributed by atoms with E-state index in [1.54, 1.807) is 0 Å². The third kappa shape index (κ3) is 4.67. The van der Waals surface area contributed by atoms with E-state index in [4.69, 9.17) is 0 Å². The number of hydrogen-bond acceptors (Lipinski definition) is 2. The zero-order chi connectivity index (χ0) is 22.7. The largest absolute Gasteiger partial charge is 0.343 e. The number of aromatic nitrogens is 1. The summed E-state index contributed by atoms with van der Waals surface area (Å²) in [6.07, 6.45) is 1.61. The summed E-state index contributed by atoms with van der Waals surface area (Å²) < 4.78 is 2.46. The molecule has 0 spiro atoms. The molecule has 1 heterocycles. The predicted octanol–water partition coefficient (Wildman–Crippen LogP) is 5.96. The van der Waals surface area contributed by atoms with Crippen molar-refractivity contribution in [3.8, 4) is 0 Å². The average molecular weight is 481 g/mol. The lowest BCUT2D eigenvalue weighted by Gasteiger charge is -2.20. The van der Waals surface area contributed by atoms with Gasteiger partial charge in [0.25, 0.3) is 5.91 Å². The van der Waals surface area contributed by atoms with Crippen molar-refractivity contribution in [3.63, 3.8) is 0 Å². The van der Waals surface area contributed by atoms with E-state index in [-0.39, 0.29) is 16.9 Å². The molecular formula is C26H29BrN2O2. The summed E-state index contributed by atoms with van der Waals surface area (Å²) in [5.41, 5.74) is 6.62. The maximum absolute atomic E-state index is 13.4. The molecule has 0 bridgehead atoms. The number of amides is 1. The molecule has 0 aliphatic rings. The summed E-state index contributed by atoms with van der Waals surface area (Å²) in [5.74, 6) is -0.364. The molecule has 0 unspecified atom stereocenters. The van der Waals surface area contributed by atoms with Gasteiger partial charge in [-0.3, -0.25) is 9.59 Å². The van der Waals surface area contributed by atoms with Crippen LogP contribution in [-0.4, -0.2) is 10.5 Å². The summed E-state index contributed by atoms with van der Waals surface area (Å²) in [7, 11) is 0. The first-order chi connectivity index (χ1) is 14.8. The van der Waals surface area contributed by atoms with Crippen LogP contribution in [0.5, 0.6) is 0 Å². The third-order valence-electron chi connectivity index (χ3n) is 5.80. The highest BCUT2D eigenvalue weighted by atomic mass is 79.9. The molecule has 162 valence electrons. The molecule has 0 saturated heterocycles. The van der Waals surface area contributed by atoms with Crippen LogP contribution in [0.4, 0.5) is 5.69 Å². The molecule has 1 amide bonds. The van der Waals surface area contributed by atoms with E-state index in [0.717, 1.165) is 40.9 Å². The Bertz CT molecular complexity index is 1170. The van der Waals surface area contributed by atoms with Gasteiger partial charge in [-0.2, -0.15) is 0 Å². The van der Waals surface area contributed by atoms with Gasteiger partial charge in [-0.1, -0.05) is 61.9 Å². The van der Waals surface area contributed by atoms with E-state index >= 15 is 0 Å². The fraction of sp³-hybridized carbons (Fsp3) is 0.308. The van der Waals surface area contributed by atoms with Gasteiger partial charge < -0.3 is 9.88 Å². The van der Waals surface area contributed by atoms with Crippen molar-refractivity contribution in [3.05, 3.63) is 96.4 Å². The van der Waals surface area contributed by atoms with Crippen molar-refractivity contribution in [1.82, 2.24) is 4.57 Å². The van der Waals surface area contributed by atoms with Gasteiger partial charge in [0.05, 0.1) is 4.47 Å². The third-order valence-corrected chi connectivity index (χ3v) is 6.74. The molecule has 3 aromatic rings. The van der Waals surface area contributed by atoms with Crippen LogP contribution in [0.1, 0.15) is 57.8 Å². The molecule has 4 nitrogen and oxygen atoms in total. The Morgan fingerprint density at radius 3 is 2.16 bits per heavy atom. The number of benzene rings is 2. The molecule has 5 heteroatoms. The second-order valence-electron chi connectivity index (χ2n) is 7.88. The van der Waals surface area contributed by atoms with E-state index in [2.05, 4.69) is 60.2 Å². The minimum Gasteiger partial charge on any atom is -0.343 e. The standard InChI is InChI=1S/C26H29BrN2O2/c1-6-20-12-9-13-21(7-2)24(20)28-26(31)22-17(4)29(18(5)23(27)25(22)30)15-19-11-8-10-16(3)14-19/h8-14H,6-7,15H2,1-5H3,(H,28,31). The first-order valence-electron chi connectivity index (χ1n) is 10.7. The highest BCUT2D eigenvalue weighted by molar-refractivity contribution is 9.10. The molecule has 0 aliphatic heterocycles. The number of nitrogens with zero attached hydrogens (tertiary/aromatic N) is 1. The van der Waals surface area contributed by atoms with Crippen LogP contribution in [0, 0.1) is 20.8 Å².